The average Bonchev–Trinajstić information content (AvgIpc) is 3.09. The van der Waals surface area contributed by atoms with Gasteiger partial charge in [-0.05, 0) is 30.3 Å². The molecular formula is C19H16N2O6. The fourth-order valence-corrected chi connectivity index (χ4v) is 2.44. The van der Waals surface area contributed by atoms with Crippen LogP contribution in [0.2, 0.25) is 0 Å². The second-order valence-corrected chi connectivity index (χ2v) is 5.58. The predicted octanol–water partition coefficient (Wildman–Crippen LogP) is 2.34. The fourth-order valence-electron chi connectivity index (χ4n) is 2.44. The SMILES string of the molecule is COC(=O)c1cccc(NC(=O)COC(=O)Cc2noc3ccccc23)c1. The minimum absolute atomic E-state index is 0.109. The molecular weight excluding hydrogens is 352 g/mol. The highest BCUT2D eigenvalue weighted by Crippen LogP contribution is 2.18. The Kier molecular flexibility index (Phi) is 5.46. The number of esters is 2. The number of nitrogens with one attached hydrogen (secondary N) is 1. The molecule has 0 aliphatic heterocycles. The largest absolute Gasteiger partial charge is 0.465 e. The highest BCUT2D eigenvalue weighted by Gasteiger charge is 2.15. The van der Waals surface area contributed by atoms with Crippen molar-refractivity contribution in [1.82, 2.24) is 5.16 Å². The molecule has 0 saturated carbocycles. The van der Waals surface area contributed by atoms with E-state index in [1.54, 1.807) is 36.4 Å². The van der Waals surface area contributed by atoms with Gasteiger partial charge in [0.25, 0.3) is 5.91 Å². The van der Waals surface area contributed by atoms with Crippen LogP contribution in [-0.2, 0) is 25.5 Å². The van der Waals surface area contributed by atoms with Gasteiger partial charge in [-0.3, -0.25) is 9.59 Å². The maximum Gasteiger partial charge on any atom is 0.337 e. The second-order valence-electron chi connectivity index (χ2n) is 5.58. The molecule has 0 atom stereocenters. The summed E-state index contributed by atoms with van der Waals surface area (Å²) in [6, 6.07) is 13.4. The Bertz CT molecular complexity index is 995. The van der Waals surface area contributed by atoms with Crippen molar-refractivity contribution in [1.29, 1.82) is 0 Å². The van der Waals surface area contributed by atoms with E-state index < -0.39 is 24.5 Å². The smallest absolute Gasteiger partial charge is 0.337 e. The van der Waals surface area contributed by atoms with Gasteiger partial charge in [0, 0.05) is 11.1 Å². The molecule has 1 heterocycles. The summed E-state index contributed by atoms with van der Waals surface area (Å²) in [4.78, 5) is 35.4. The molecule has 0 saturated heterocycles. The molecule has 0 bridgehead atoms. The molecule has 27 heavy (non-hydrogen) atoms. The molecule has 0 radical (unpaired) electrons. The Hall–Kier alpha value is -3.68. The summed E-state index contributed by atoms with van der Waals surface area (Å²) < 4.78 is 14.7. The van der Waals surface area contributed by atoms with Gasteiger partial charge in [-0.15, -0.1) is 0 Å². The number of benzene rings is 2. The lowest BCUT2D eigenvalue weighted by atomic mass is 10.2. The Morgan fingerprint density at radius 2 is 1.93 bits per heavy atom. The molecule has 0 spiro atoms. The first kappa shape index (κ1) is 18.1. The van der Waals surface area contributed by atoms with Gasteiger partial charge in [-0.2, -0.15) is 0 Å². The van der Waals surface area contributed by atoms with Crippen molar-refractivity contribution in [3.8, 4) is 0 Å². The van der Waals surface area contributed by atoms with Gasteiger partial charge in [0.1, 0.15) is 5.69 Å². The zero-order valence-electron chi connectivity index (χ0n) is 14.4. The molecule has 1 aromatic heterocycles. The van der Waals surface area contributed by atoms with Crippen LogP contribution >= 0.6 is 0 Å². The number of methoxy groups -OCH3 is 1. The van der Waals surface area contributed by atoms with Crippen molar-refractivity contribution in [2.24, 2.45) is 0 Å². The summed E-state index contributed by atoms with van der Waals surface area (Å²) >= 11 is 0. The quantitative estimate of drug-likeness (QED) is 0.665. The summed E-state index contributed by atoms with van der Waals surface area (Å²) in [5, 5.41) is 7.11. The van der Waals surface area contributed by atoms with Crippen LogP contribution in [0.25, 0.3) is 11.0 Å². The molecule has 1 N–H and O–H groups in total. The summed E-state index contributed by atoms with van der Waals surface area (Å²) in [5.41, 5.74) is 1.71. The van der Waals surface area contributed by atoms with E-state index in [1.807, 2.05) is 6.07 Å². The van der Waals surface area contributed by atoms with Gasteiger partial charge in [-0.25, -0.2) is 4.79 Å². The van der Waals surface area contributed by atoms with Crippen molar-refractivity contribution in [3.05, 3.63) is 59.8 Å². The van der Waals surface area contributed by atoms with Crippen LogP contribution in [0.3, 0.4) is 0 Å². The number of carbonyl (C=O) groups is 3. The summed E-state index contributed by atoms with van der Waals surface area (Å²) in [5.74, 6) is -1.65. The minimum atomic E-state index is -0.604. The van der Waals surface area contributed by atoms with Gasteiger partial charge >= 0.3 is 11.9 Å². The van der Waals surface area contributed by atoms with E-state index in [1.165, 1.54) is 13.2 Å². The van der Waals surface area contributed by atoms with Gasteiger partial charge < -0.3 is 19.3 Å². The second kappa shape index (κ2) is 8.13. The van der Waals surface area contributed by atoms with E-state index in [9.17, 15) is 14.4 Å². The van der Waals surface area contributed by atoms with Crippen molar-refractivity contribution in [2.75, 3.05) is 19.0 Å². The number of anilines is 1. The van der Waals surface area contributed by atoms with Gasteiger partial charge in [0.15, 0.2) is 12.2 Å². The first-order valence-electron chi connectivity index (χ1n) is 8.04. The first-order valence-corrected chi connectivity index (χ1v) is 8.04. The molecule has 0 fully saturated rings. The molecule has 3 aromatic rings. The first-order chi connectivity index (χ1) is 13.1. The molecule has 0 aliphatic rings. The molecule has 8 heteroatoms. The molecule has 0 unspecified atom stereocenters. The van der Waals surface area contributed by atoms with Crippen LogP contribution < -0.4 is 5.32 Å². The summed E-state index contributed by atoms with van der Waals surface area (Å²) in [6.45, 7) is -0.461. The number of nitrogens with zero attached hydrogens (tertiary/aromatic N) is 1. The highest BCUT2D eigenvalue weighted by molar-refractivity contribution is 5.95. The number of rotatable bonds is 6. The minimum Gasteiger partial charge on any atom is -0.465 e. The molecule has 3 rings (SSSR count). The number of aromatic nitrogens is 1. The van der Waals surface area contributed by atoms with Crippen molar-refractivity contribution in [2.45, 2.75) is 6.42 Å². The lowest BCUT2D eigenvalue weighted by molar-refractivity contribution is -0.146. The summed E-state index contributed by atoms with van der Waals surface area (Å²) in [6.07, 6.45) is -0.109. The van der Waals surface area contributed by atoms with Crippen molar-refractivity contribution in [3.63, 3.8) is 0 Å². The van der Waals surface area contributed by atoms with E-state index >= 15 is 0 Å². The fraction of sp³-hybridized carbons (Fsp3) is 0.158. The van der Waals surface area contributed by atoms with Gasteiger partial charge in [-0.1, -0.05) is 23.4 Å². The molecule has 0 aliphatic carbocycles. The van der Waals surface area contributed by atoms with E-state index in [-0.39, 0.29) is 6.42 Å². The van der Waals surface area contributed by atoms with Crippen molar-refractivity contribution >= 4 is 34.5 Å². The Labute approximate surface area is 154 Å². The zero-order valence-corrected chi connectivity index (χ0v) is 14.4. The number of amides is 1. The number of fused-ring (bicyclic) bond motifs is 1. The Morgan fingerprint density at radius 3 is 2.74 bits per heavy atom. The number of ether oxygens (including phenoxy) is 2. The van der Waals surface area contributed by atoms with Crippen LogP contribution in [-0.4, -0.2) is 36.7 Å². The lowest BCUT2D eigenvalue weighted by Gasteiger charge is -2.07. The zero-order chi connectivity index (χ0) is 19.2. The maximum atomic E-state index is 11.9. The molecule has 8 nitrogen and oxygen atoms in total. The van der Waals surface area contributed by atoms with Crippen LogP contribution in [0, 0.1) is 0 Å². The van der Waals surface area contributed by atoms with Crippen LogP contribution in [0.15, 0.2) is 53.1 Å². The van der Waals surface area contributed by atoms with Gasteiger partial charge in [0.2, 0.25) is 0 Å². The van der Waals surface area contributed by atoms with E-state index in [0.29, 0.717) is 22.5 Å². The Morgan fingerprint density at radius 1 is 1.11 bits per heavy atom. The van der Waals surface area contributed by atoms with Gasteiger partial charge in [0.05, 0.1) is 19.1 Å². The van der Waals surface area contributed by atoms with Crippen molar-refractivity contribution < 1.29 is 28.4 Å². The number of carbonyl (C=O) groups excluding carboxylic acids is 3. The third-order valence-electron chi connectivity index (χ3n) is 3.70. The molecule has 2 aromatic carbocycles. The van der Waals surface area contributed by atoms with E-state index in [0.717, 1.165) is 5.39 Å². The number of hydrogen-bond donors (Lipinski definition) is 1. The molecule has 138 valence electrons. The van der Waals surface area contributed by atoms with Crippen LogP contribution in [0.4, 0.5) is 5.69 Å². The molecule has 1 amide bonds. The van der Waals surface area contributed by atoms with Crippen LogP contribution in [0.1, 0.15) is 16.1 Å². The third-order valence-corrected chi connectivity index (χ3v) is 3.70. The predicted molar refractivity (Wildman–Crippen MR) is 95.1 cm³/mol. The number of para-hydroxylation sites is 1. The van der Waals surface area contributed by atoms with E-state index in [4.69, 9.17) is 9.26 Å². The number of hydrogen-bond acceptors (Lipinski definition) is 7. The highest BCUT2D eigenvalue weighted by atomic mass is 16.5. The standard InChI is InChI=1S/C19H16N2O6/c1-25-19(24)12-5-4-6-13(9-12)20-17(22)11-26-18(23)10-15-14-7-2-3-8-16(14)27-21-15/h2-9H,10-11H2,1H3,(H,20,22). The lowest BCUT2D eigenvalue weighted by Crippen LogP contribution is -2.21. The normalized spacial score (nSPS) is 10.4. The average molecular weight is 368 g/mol. The van der Waals surface area contributed by atoms with Crippen LogP contribution in [0.5, 0.6) is 0 Å². The Balaban J connectivity index is 1.53. The third kappa shape index (κ3) is 4.49. The van der Waals surface area contributed by atoms with E-state index in [2.05, 4.69) is 15.2 Å². The topological polar surface area (TPSA) is 108 Å². The maximum absolute atomic E-state index is 11.9. The monoisotopic (exact) mass is 368 g/mol. The summed E-state index contributed by atoms with van der Waals surface area (Å²) in [7, 11) is 1.27.